The van der Waals surface area contributed by atoms with Crippen LogP contribution in [0.2, 0.25) is 0 Å². The third-order valence-electron chi connectivity index (χ3n) is 2.02. The molecule has 0 fully saturated rings. The number of aromatic nitrogens is 4. The molecule has 2 aromatic heterocycles. The molecule has 0 aliphatic heterocycles. The molecule has 0 bridgehead atoms. The smallest absolute Gasteiger partial charge is 0.182 e. The molecule has 0 atom stereocenters. The SMILES string of the molecule is COCc1nc(-c2cnccn2)nc(N)c1I. The maximum Gasteiger partial charge on any atom is 0.182 e. The minimum Gasteiger partial charge on any atom is -0.383 e. The predicted molar refractivity (Wildman–Crippen MR) is 70.9 cm³/mol. The number of nitrogens with zero attached hydrogens (tertiary/aromatic N) is 4. The minimum atomic E-state index is 0.387. The van der Waals surface area contributed by atoms with Gasteiger partial charge in [-0.2, -0.15) is 0 Å². The van der Waals surface area contributed by atoms with Crippen molar-refractivity contribution in [3.05, 3.63) is 27.9 Å². The van der Waals surface area contributed by atoms with Crippen LogP contribution in [0.1, 0.15) is 5.69 Å². The topological polar surface area (TPSA) is 86.8 Å². The highest BCUT2D eigenvalue weighted by Gasteiger charge is 2.11. The summed E-state index contributed by atoms with van der Waals surface area (Å²) in [5, 5.41) is 0. The van der Waals surface area contributed by atoms with Gasteiger partial charge < -0.3 is 10.5 Å². The van der Waals surface area contributed by atoms with Crippen LogP contribution in [-0.4, -0.2) is 27.0 Å². The molecular weight excluding hydrogens is 333 g/mol. The van der Waals surface area contributed by atoms with E-state index in [-0.39, 0.29) is 0 Å². The van der Waals surface area contributed by atoms with Crippen LogP contribution in [0, 0.1) is 3.57 Å². The highest BCUT2D eigenvalue weighted by Crippen LogP contribution is 2.20. The summed E-state index contributed by atoms with van der Waals surface area (Å²) in [4.78, 5) is 16.7. The zero-order valence-corrected chi connectivity index (χ0v) is 11.2. The Morgan fingerprint density at radius 3 is 2.82 bits per heavy atom. The van der Waals surface area contributed by atoms with Crippen molar-refractivity contribution < 1.29 is 4.74 Å². The van der Waals surface area contributed by atoms with Gasteiger partial charge in [0.1, 0.15) is 11.5 Å². The van der Waals surface area contributed by atoms with E-state index in [9.17, 15) is 0 Å². The Hall–Kier alpha value is -1.35. The van der Waals surface area contributed by atoms with Crippen molar-refractivity contribution in [2.24, 2.45) is 0 Å². The summed E-state index contributed by atoms with van der Waals surface area (Å²) in [5.41, 5.74) is 7.17. The fourth-order valence-electron chi connectivity index (χ4n) is 1.27. The molecule has 17 heavy (non-hydrogen) atoms. The van der Waals surface area contributed by atoms with Crippen molar-refractivity contribution in [2.75, 3.05) is 12.8 Å². The first kappa shape index (κ1) is 12.1. The molecular formula is C10H10IN5O. The maximum atomic E-state index is 5.83. The number of nitrogen functional groups attached to an aromatic ring is 1. The second kappa shape index (κ2) is 5.32. The van der Waals surface area contributed by atoms with Crippen molar-refractivity contribution in [2.45, 2.75) is 6.61 Å². The summed E-state index contributed by atoms with van der Waals surface area (Å²) >= 11 is 2.10. The lowest BCUT2D eigenvalue weighted by atomic mass is 10.3. The highest BCUT2D eigenvalue weighted by atomic mass is 127. The average molecular weight is 343 g/mol. The molecule has 7 heteroatoms. The van der Waals surface area contributed by atoms with E-state index in [2.05, 4.69) is 42.5 Å². The van der Waals surface area contributed by atoms with E-state index in [0.717, 1.165) is 9.26 Å². The van der Waals surface area contributed by atoms with Gasteiger partial charge in [0.2, 0.25) is 0 Å². The molecule has 0 saturated carbocycles. The summed E-state index contributed by atoms with van der Waals surface area (Å²) in [5.74, 6) is 0.886. The van der Waals surface area contributed by atoms with Crippen LogP contribution in [0.3, 0.4) is 0 Å². The molecule has 0 spiro atoms. The quantitative estimate of drug-likeness (QED) is 0.845. The van der Waals surface area contributed by atoms with Crippen LogP contribution >= 0.6 is 22.6 Å². The number of hydrogen-bond acceptors (Lipinski definition) is 6. The van der Waals surface area contributed by atoms with E-state index in [1.54, 1.807) is 25.7 Å². The van der Waals surface area contributed by atoms with Gasteiger partial charge in [-0.05, 0) is 22.6 Å². The number of nitrogens with two attached hydrogens (primary N) is 1. The van der Waals surface area contributed by atoms with Crippen LogP contribution in [-0.2, 0) is 11.3 Å². The first-order chi connectivity index (χ1) is 8.22. The lowest BCUT2D eigenvalue weighted by molar-refractivity contribution is 0.181. The number of ether oxygens (including phenoxy) is 1. The third-order valence-corrected chi connectivity index (χ3v) is 3.19. The number of hydrogen-bond donors (Lipinski definition) is 1. The van der Waals surface area contributed by atoms with Gasteiger partial charge in [-0.25, -0.2) is 15.0 Å². The molecule has 0 aromatic carbocycles. The predicted octanol–water partition coefficient (Wildman–Crippen LogP) is 1.27. The molecule has 0 unspecified atom stereocenters. The molecule has 2 aromatic rings. The maximum absolute atomic E-state index is 5.83. The molecule has 6 nitrogen and oxygen atoms in total. The molecule has 2 N–H and O–H groups in total. The van der Waals surface area contributed by atoms with Crippen LogP contribution in [0.15, 0.2) is 18.6 Å². The zero-order chi connectivity index (χ0) is 12.3. The van der Waals surface area contributed by atoms with Crippen molar-refractivity contribution in [1.29, 1.82) is 0 Å². The Labute approximate surface area is 112 Å². The van der Waals surface area contributed by atoms with Gasteiger partial charge in [-0.3, -0.25) is 4.98 Å². The molecule has 88 valence electrons. The number of rotatable bonds is 3. The molecule has 0 saturated heterocycles. The zero-order valence-electron chi connectivity index (χ0n) is 9.09. The van der Waals surface area contributed by atoms with Gasteiger partial charge in [0.15, 0.2) is 5.82 Å². The minimum absolute atomic E-state index is 0.387. The number of halogens is 1. The molecule has 2 heterocycles. The Morgan fingerprint density at radius 1 is 1.35 bits per heavy atom. The van der Waals surface area contributed by atoms with Crippen molar-refractivity contribution in [3.8, 4) is 11.5 Å². The largest absolute Gasteiger partial charge is 0.383 e. The summed E-state index contributed by atoms with van der Waals surface area (Å²) in [6, 6.07) is 0. The summed E-state index contributed by atoms with van der Waals surface area (Å²) in [7, 11) is 1.61. The normalized spacial score (nSPS) is 10.5. The van der Waals surface area contributed by atoms with Gasteiger partial charge >= 0.3 is 0 Å². The molecule has 0 aliphatic carbocycles. The Balaban J connectivity index is 2.49. The van der Waals surface area contributed by atoms with Gasteiger partial charge in [-0.1, -0.05) is 0 Å². The third kappa shape index (κ3) is 2.67. The Morgan fingerprint density at radius 2 is 2.18 bits per heavy atom. The van der Waals surface area contributed by atoms with E-state index >= 15 is 0 Å². The van der Waals surface area contributed by atoms with E-state index < -0.39 is 0 Å². The lowest BCUT2D eigenvalue weighted by Gasteiger charge is -2.07. The van der Waals surface area contributed by atoms with Crippen LogP contribution < -0.4 is 5.73 Å². The van der Waals surface area contributed by atoms with Gasteiger partial charge in [0, 0.05) is 19.5 Å². The fraction of sp³-hybridized carbons (Fsp3) is 0.200. The molecule has 0 aliphatic rings. The van der Waals surface area contributed by atoms with Crippen molar-refractivity contribution in [1.82, 2.24) is 19.9 Å². The average Bonchev–Trinajstić information content (AvgIpc) is 2.36. The second-order valence-electron chi connectivity index (χ2n) is 3.22. The van der Waals surface area contributed by atoms with Gasteiger partial charge in [0.05, 0.1) is 22.1 Å². The summed E-state index contributed by atoms with van der Waals surface area (Å²) in [6.07, 6.45) is 4.77. The van der Waals surface area contributed by atoms with Crippen molar-refractivity contribution >= 4 is 28.4 Å². The first-order valence-electron chi connectivity index (χ1n) is 4.79. The summed E-state index contributed by atoms with van der Waals surface area (Å²) < 4.78 is 5.87. The van der Waals surface area contributed by atoms with E-state index in [4.69, 9.17) is 10.5 Å². The van der Waals surface area contributed by atoms with E-state index in [0.29, 0.717) is 23.9 Å². The van der Waals surface area contributed by atoms with Crippen molar-refractivity contribution in [3.63, 3.8) is 0 Å². The standard InChI is InChI=1S/C10H10IN5O/c1-17-5-7-8(11)9(12)16-10(15-7)6-4-13-2-3-14-6/h2-4H,5H2,1H3,(H2,12,15,16). The van der Waals surface area contributed by atoms with E-state index in [1.165, 1.54) is 0 Å². The van der Waals surface area contributed by atoms with Crippen LogP contribution in [0.4, 0.5) is 5.82 Å². The second-order valence-corrected chi connectivity index (χ2v) is 4.30. The first-order valence-corrected chi connectivity index (χ1v) is 5.87. The van der Waals surface area contributed by atoms with Crippen LogP contribution in [0.5, 0.6) is 0 Å². The summed E-state index contributed by atoms with van der Waals surface area (Å²) in [6.45, 7) is 0.387. The van der Waals surface area contributed by atoms with Crippen LogP contribution in [0.25, 0.3) is 11.5 Å². The number of anilines is 1. The Kier molecular flexibility index (Phi) is 3.79. The lowest BCUT2D eigenvalue weighted by Crippen LogP contribution is -2.06. The number of methoxy groups -OCH3 is 1. The van der Waals surface area contributed by atoms with Gasteiger partial charge in [-0.15, -0.1) is 0 Å². The highest BCUT2D eigenvalue weighted by molar-refractivity contribution is 14.1. The molecule has 0 radical (unpaired) electrons. The van der Waals surface area contributed by atoms with Gasteiger partial charge in [0.25, 0.3) is 0 Å². The van der Waals surface area contributed by atoms with E-state index in [1.807, 2.05) is 0 Å². The fourth-order valence-corrected chi connectivity index (χ4v) is 1.67. The molecule has 0 amide bonds. The Bertz CT molecular complexity index is 520. The molecule has 2 rings (SSSR count). The monoisotopic (exact) mass is 343 g/mol.